The van der Waals surface area contributed by atoms with Gasteiger partial charge in [-0.3, -0.25) is 0 Å². The number of anilines is 1. The molecule has 0 saturated heterocycles. The van der Waals surface area contributed by atoms with Gasteiger partial charge in [-0.1, -0.05) is 35.5 Å². The molecule has 1 atom stereocenters. The number of nitrogens with one attached hydrogen (secondary N) is 1. The van der Waals surface area contributed by atoms with E-state index in [0.717, 1.165) is 11.3 Å². The quantitative estimate of drug-likeness (QED) is 0.734. The first-order valence-electron chi connectivity index (χ1n) is 8.89. The molecule has 146 valence electrons. The minimum absolute atomic E-state index is 0.125. The second-order valence-electron chi connectivity index (χ2n) is 6.27. The van der Waals surface area contributed by atoms with E-state index in [1.165, 1.54) is 17.0 Å². The summed E-state index contributed by atoms with van der Waals surface area (Å²) in [6.45, 7) is 4.27. The standard InChI is InChI=1S/C21H22FN3O3/c1-3-12-25(21(26)23-18-10-6-5-9-17(18)22)14-15-13-19(24-28-15)16-8-4-7-11-20(16)27-2/h3-11,15H,1,12-14H2,2H3,(H,23,26)/t15-/m1/s1. The molecular weight excluding hydrogens is 361 g/mol. The second kappa shape index (κ2) is 9.03. The highest BCUT2D eigenvalue weighted by atomic mass is 19.1. The SMILES string of the molecule is C=CCN(C[C@H]1CC(c2ccccc2OC)=NO1)C(=O)Nc1ccccc1F. The van der Waals surface area contributed by atoms with E-state index in [9.17, 15) is 9.18 Å². The summed E-state index contributed by atoms with van der Waals surface area (Å²) in [4.78, 5) is 19.6. The van der Waals surface area contributed by atoms with Crippen molar-refractivity contribution in [1.82, 2.24) is 4.90 Å². The van der Waals surface area contributed by atoms with E-state index in [2.05, 4.69) is 17.1 Å². The number of para-hydroxylation sites is 2. The van der Waals surface area contributed by atoms with Crippen molar-refractivity contribution in [3.63, 3.8) is 0 Å². The van der Waals surface area contributed by atoms with E-state index in [1.54, 1.807) is 25.3 Å². The number of halogens is 1. The molecule has 0 saturated carbocycles. The summed E-state index contributed by atoms with van der Waals surface area (Å²) in [5.41, 5.74) is 1.74. The van der Waals surface area contributed by atoms with Crippen LogP contribution in [0.15, 0.2) is 66.3 Å². The fourth-order valence-electron chi connectivity index (χ4n) is 2.97. The summed E-state index contributed by atoms with van der Waals surface area (Å²) in [6, 6.07) is 13.1. The number of carbonyl (C=O) groups excluding carboxylic acids is 1. The molecule has 1 aliphatic rings. The highest BCUT2D eigenvalue weighted by Gasteiger charge is 2.27. The summed E-state index contributed by atoms with van der Waals surface area (Å²) in [5, 5.41) is 6.74. The minimum Gasteiger partial charge on any atom is -0.496 e. The number of nitrogens with zero attached hydrogens (tertiary/aromatic N) is 2. The van der Waals surface area contributed by atoms with Crippen LogP contribution in [0.2, 0.25) is 0 Å². The van der Waals surface area contributed by atoms with Crippen molar-refractivity contribution in [2.75, 3.05) is 25.5 Å². The number of carbonyl (C=O) groups is 1. The Kier molecular flexibility index (Phi) is 6.26. The fraction of sp³-hybridized carbons (Fsp3) is 0.238. The normalized spacial score (nSPS) is 15.4. The second-order valence-corrected chi connectivity index (χ2v) is 6.27. The number of oxime groups is 1. The van der Waals surface area contributed by atoms with Crippen LogP contribution in [0.5, 0.6) is 5.75 Å². The number of hydrogen-bond donors (Lipinski definition) is 1. The van der Waals surface area contributed by atoms with Crippen molar-refractivity contribution in [3.05, 3.63) is 72.6 Å². The zero-order chi connectivity index (χ0) is 19.9. The summed E-state index contributed by atoms with van der Waals surface area (Å²) < 4.78 is 19.2. The zero-order valence-electron chi connectivity index (χ0n) is 15.6. The van der Waals surface area contributed by atoms with Gasteiger partial charge in [-0.2, -0.15) is 0 Å². The van der Waals surface area contributed by atoms with Gasteiger partial charge in [0.2, 0.25) is 0 Å². The lowest BCUT2D eigenvalue weighted by Gasteiger charge is -2.24. The Bertz CT molecular complexity index is 885. The molecule has 0 aromatic heterocycles. The van der Waals surface area contributed by atoms with Gasteiger partial charge in [0.05, 0.1) is 25.1 Å². The van der Waals surface area contributed by atoms with Gasteiger partial charge >= 0.3 is 6.03 Å². The van der Waals surface area contributed by atoms with Crippen molar-refractivity contribution < 1.29 is 18.8 Å². The molecule has 1 N–H and O–H groups in total. The lowest BCUT2D eigenvalue weighted by Crippen LogP contribution is -2.40. The van der Waals surface area contributed by atoms with E-state index in [-0.39, 0.29) is 18.3 Å². The Hall–Kier alpha value is -3.35. The first-order valence-corrected chi connectivity index (χ1v) is 8.89. The molecule has 7 heteroatoms. The number of benzene rings is 2. The third-order valence-corrected chi connectivity index (χ3v) is 4.33. The largest absolute Gasteiger partial charge is 0.496 e. The van der Waals surface area contributed by atoms with Crippen LogP contribution in [0, 0.1) is 5.82 Å². The Morgan fingerprint density at radius 3 is 2.86 bits per heavy atom. The Balaban J connectivity index is 1.65. The van der Waals surface area contributed by atoms with Crippen LogP contribution >= 0.6 is 0 Å². The predicted octanol–water partition coefficient (Wildman–Crippen LogP) is 4.05. The summed E-state index contributed by atoms with van der Waals surface area (Å²) in [5.74, 6) is 0.221. The minimum atomic E-state index is -0.492. The number of ether oxygens (including phenoxy) is 1. The topological polar surface area (TPSA) is 63.2 Å². The molecule has 0 unspecified atom stereocenters. The highest BCUT2D eigenvalue weighted by molar-refractivity contribution is 6.03. The molecule has 0 spiro atoms. The summed E-state index contributed by atoms with van der Waals surface area (Å²) in [6.07, 6.45) is 1.82. The molecule has 0 bridgehead atoms. The van der Waals surface area contributed by atoms with Gasteiger partial charge in [0, 0.05) is 18.5 Å². The van der Waals surface area contributed by atoms with E-state index < -0.39 is 11.8 Å². The van der Waals surface area contributed by atoms with Gasteiger partial charge in [0.1, 0.15) is 11.6 Å². The average Bonchev–Trinajstić information content (AvgIpc) is 3.17. The molecule has 2 aromatic rings. The molecule has 0 fully saturated rings. The molecule has 6 nitrogen and oxygen atoms in total. The first kappa shape index (κ1) is 19.4. The lowest BCUT2D eigenvalue weighted by atomic mass is 10.0. The summed E-state index contributed by atoms with van der Waals surface area (Å²) >= 11 is 0. The van der Waals surface area contributed by atoms with Crippen LogP contribution in [-0.2, 0) is 4.84 Å². The average molecular weight is 383 g/mol. The number of methoxy groups -OCH3 is 1. The van der Waals surface area contributed by atoms with E-state index in [1.807, 2.05) is 24.3 Å². The van der Waals surface area contributed by atoms with Gasteiger partial charge in [-0.05, 0) is 24.3 Å². The van der Waals surface area contributed by atoms with E-state index in [0.29, 0.717) is 18.7 Å². The maximum Gasteiger partial charge on any atom is 0.322 e. The lowest BCUT2D eigenvalue weighted by molar-refractivity contribution is 0.0645. The predicted molar refractivity (Wildman–Crippen MR) is 106 cm³/mol. The molecule has 1 aliphatic heterocycles. The van der Waals surface area contributed by atoms with Gasteiger partial charge in [-0.15, -0.1) is 6.58 Å². The monoisotopic (exact) mass is 383 g/mol. The molecule has 2 amide bonds. The third kappa shape index (κ3) is 4.49. The van der Waals surface area contributed by atoms with E-state index in [4.69, 9.17) is 9.57 Å². The number of rotatable bonds is 7. The maximum absolute atomic E-state index is 13.8. The van der Waals surface area contributed by atoms with Gasteiger partial charge in [0.25, 0.3) is 0 Å². The van der Waals surface area contributed by atoms with Crippen molar-refractivity contribution in [2.24, 2.45) is 5.16 Å². The Morgan fingerprint density at radius 2 is 2.11 bits per heavy atom. The molecular formula is C21H22FN3O3. The van der Waals surface area contributed by atoms with Crippen molar-refractivity contribution in [2.45, 2.75) is 12.5 Å². The van der Waals surface area contributed by atoms with Crippen LogP contribution in [0.1, 0.15) is 12.0 Å². The maximum atomic E-state index is 13.8. The number of amides is 2. The molecule has 0 aliphatic carbocycles. The van der Waals surface area contributed by atoms with Gasteiger partial charge in [0.15, 0.2) is 6.10 Å². The van der Waals surface area contributed by atoms with Crippen LogP contribution in [-0.4, -0.2) is 42.9 Å². The van der Waals surface area contributed by atoms with Crippen molar-refractivity contribution in [3.8, 4) is 5.75 Å². The molecule has 1 heterocycles. The van der Waals surface area contributed by atoms with Crippen LogP contribution in [0.3, 0.4) is 0 Å². The number of urea groups is 1. The van der Waals surface area contributed by atoms with Crippen LogP contribution in [0.25, 0.3) is 0 Å². The zero-order valence-corrected chi connectivity index (χ0v) is 15.6. The van der Waals surface area contributed by atoms with Crippen LogP contribution < -0.4 is 10.1 Å². The molecule has 0 radical (unpaired) electrons. The van der Waals surface area contributed by atoms with E-state index >= 15 is 0 Å². The Labute approximate surface area is 163 Å². The first-order chi connectivity index (χ1) is 13.6. The smallest absolute Gasteiger partial charge is 0.322 e. The summed E-state index contributed by atoms with van der Waals surface area (Å²) in [7, 11) is 1.60. The van der Waals surface area contributed by atoms with Crippen LogP contribution in [0.4, 0.5) is 14.9 Å². The van der Waals surface area contributed by atoms with Crippen molar-refractivity contribution >= 4 is 17.4 Å². The third-order valence-electron chi connectivity index (χ3n) is 4.33. The van der Waals surface area contributed by atoms with Gasteiger partial charge < -0.3 is 19.8 Å². The highest BCUT2D eigenvalue weighted by Crippen LogP contribution is 2.25. The Morgan fingerprint density at radius 1 is 1.36 bits per heavy atom. The number of hydrogen-bond acceptors (Lipinski definition) is 4. The fourth-order valence-corrected chi connectivity index (χ4v) is 2.97. The van der Waals surface area contributed by atoms with Gasteiger partial charge in [-0.25, -0.2) is 9.18 Å². The molecule has 3 rings (SSSR count). The molecule has 2 aromatic carbocycles. The molecule has 28 heavy (non-hydrogen) atoms. The van der Waals surface area contributed by atoms with Crippen molar-refractivity contribution in [1.29, 1.82) is 0 Å².